The number of nitrogens with zero attached hydrogens (tertiary/aromatic N) is 4. The van der Waals surface area contributed by atoms with Crippen LogP contribution in [-0.2, 0) is 0 Å². The van der Waals surface area contributed by atoms with Gasteiger partial charge >= 0.3 is 0 Å². The number of thiazole rings is 1. The molecule has 0 atom stereocenters. The van der Waals surface area contributed by atoms with E-state index in [-0.39, 0.29) is 0 Å². The molecule has 1 heterocycles. The second-order valence-electron chi connectivity index (χ2n) is 3.87. The maximum absolute atomic E-state index is 6.50. The average Bonchev–Trinajstić information content (AvgIpc) is 3.01. The van der Waals surface area contributed by atoms with Crippen molar-refractivity contribution < 1.29 is 4.74 Å². The van der Waals surface area contributed by atoms with Crippen LogP contribution in [0.2, 0.25) is 0 Å². The van der Waals surface area contributed by atoms with Crippen LogP contribution in [0.15, 0.2) is 53.6 Å². The first-order chi connectivity index (χ1) is 11.3. The van der Waals surface area contributed by atoms with Crippen molar-refractivity contribution in [1.29, 1.82) is 10.5 Å². The number of hydrogen-bond donors (Lipinski definition) is 1. The molecule has 1 aromatic heterocycles. The smallest absolute Gasteiger partial charge is 0.137 e. The van der Waals surface area contributed by atoms with Gasteiger partial charge in [0.15, 0.2) is 0 Å². The Morgan fingerprint density at radius 3 is 2.39 bits per heavy atom. The van der Waals surface area contributed by atoms with E-state index in [1.165, 1.54) is 11.3 Å². The van der Waals surface area contributed by atoms with Crippen LogP contribution in [0.3, 0.4) is 0 Å². The van der Waals surface area contributed by atoms with Crippen molar-refractivity contribution >= 4 is 27.8 Å². The number of nitriles is 2. The first-order valence-corrected chi connectivity index (χ1v) is 7.05. The van der Waals surface area contributed by atoms with Crippen molar-refractivity contribution in [3.8, 4) is 24.6 Å². The molecule has 0 saturated carbocycles. The third-order valence-corrected chi connectivity index (χ3v) is 3.49. The van der Waals surface area contributed by atoms with E-state index in [0.717, 1.165) is 26.7 Å². The lowest BCUT2D eigenvalue weighted by atomic mass is 10.3. The minimum Gasteiger partial charge on any atom is -0.457 e. The number of aromatic nitrogens is 1. The number of ether oxygens (including phenoxy) is 1. The van der Waals surface area contributed by atoms with Gasteiger partial charge < -0.3 is 10.6 Å². The van der Waals surface area contributed by atoms with E-state index in [2.05, 4.69) is 23.2 Å². The van der Waals surface area contributed by atoms with Crippen molar-refractivity contribution in [2.24, 2.45) is 10.9 Å². The van der Waals surface area contributed by atoms with Gasteiger partial charge in [-0.15, -0.1) is 11.3 Å². The van der Waals surface area contributed by atoms with Crippen LogP contribution in [0.25, 0.3) is 10.2 Å². The van der Waals surface area contributed by atoms with Gasteiger partial charge in [0.1, 0.15) is 16.5 Å². The monoisotopic (exact) mass is 323 g/mol. The Hall–Kier alpha value is -3.42. The zero-order valence-corrected chi connectivity index (χ0v) is 12.9. The molecule has 0 fully saturated rings. The minimum absolute atomic E-state index is 0.786. The largest absolute Gasteiger partial charge is 0.457 e. The Labute approximate surface area is 137 Å². The average molecular weight is 323 g/mol. The lowest BCUT2D eigenvalue weighted by Gasteiger charge is -2.04. The van der Waals surface area contributed by atoms with Gasteiger partial charge in [-0.3, -0.25) is 0 Å². The normalized spacial score (nSPS) is 9.39. The molecule has 0 aliphatic carbocycles. The quantitative estimate of drug-likeness (QED) is 0.449. The van der Waals surface area contributed by atoms with Crippen LogP contribution in [0, 0.1) is 23.7 Å². The van der Waals surface area contributed by atoms with Gasteiger partial charge in [0.25, 0.3) is 0 Å². The summed E-state index contributed by atoms with van der Waals surface area (Å²) in [5.74, 6) is 6.73. The molecule has 0 radical (unpaired) electrons. The number of benzene rings is 2. The van der Waals surface area contributed by atoms with Crippen LogP contribution in [0.1, 0.15) is 5.01 Å². The van der Waals surface area contributed by atoms with Crippen molar-refractivity contribution in [2.75, 3.05) is 0 Å². The predicted octanol–water partition coefficient (Wildman–Crippen LogP) is 3.66. The summed E-state index contributed by atoms with van der Waals surface area (Å²) < 4.78 is 6.82. The summed E-state index contributed by atoms with van der Waals surface area (Å²) in [6.07, 6.45) is 1.54. The molecule has 23 heavy (non-hydrogen) atoms. The molecular formula is C16H13N5OS. The second kappa shape index (κ2) is 9.50. The number of hydrazone groups is 1. The molecule has 0 amide bonds. The highest BCUT2D eigenvalue weighted by Gasteiger charge is 2.04. The molecule has 0 saturated heterocycles. The fourth-order valence-corrected chi connectivity index (χ4v) is 2.61. The molecule has 0 aliphatic heterocycles. The number of hydrogen-bond acceptors (Lipinski definition) is 7. The topological polar surface area (TPSA) is 108 Å². The molecule has 7 heteroatoms. The van der Waals surface area contributed by atoms with Crippen molar-refractivity contribution in [3.05, 3.63) is 53.5 Å². The zero-order valence-electron chi connectivity index (χ0n) is 12.0. The van der Waals surface area contributed by atoms with Gasteiger partial charge in [-0.05, 0) is 24.3 Å². The van der Waals surface area contributed by atoms with Gasteiger partial charge in [0.05, 0.1) is 16.4 Å². The predicted molar refractivity (Wildman–Crippen MR) is 91.3 cm³/mol. The van der Waals surface area contributed by atoms with Crippen LogP contribution in [0.4, 0.5) is 0 Å². The van der Waals surface area contributed by atoms with Crippen LogP contribution >= 0.6 is 11.3 Å². The Morgan fingerprint density at radius 1 is 1.04 bits per heavy atom. The van der Waals surface area contributed by atoms with Crippen molar-refractivity contribution in [3.63, 3.8) is 0 Å². The van der Waals surface area contributed by atoms with E-state index in [1.807, 2.05) is 48.5 Å². The number of nitrogens with two attached hydrogens (primary N) is 1. The summed E-state index contributed by atoms with van der Waals surface area (Å²) in [5, 5.41) is 17.3. The molecule has 2 N–H and O–H groups in total. The molecule has 3 rings (SSSR count). The Bertz CT molecular complexity index is 802. The number of para-hydroxylation sites is 1. The Kier molecular flexibility index (Phi) is 7.29. The number of fused-ring (bicyclic) bond motifs is 1. The summed E-state index contributed by atoms with van der Waals surface area (Å²) in [5.41, 5.74) is 0.917. The fraction of sp³-hybridized carbons (Fsp3) is 0. The first-order valence-electron chi connectivity index (χ1n) is 6.23. The highest BCUT2D eigenvalue weighted by molar-refractivity contribution is 7.20. The molecule has 6 nitrogen and oxygen atoms in total. The van der Waals surface area contributed by atoms with E-state index in [9.17, 15) is 0 Å². The summed E-state index contributed by atoms with van der Waals surface area (Å²) in [6.45, 7) is 7.00. The van der Waals surface area contributed by atoms with Crippen LogP contribution in [0.5, 0.6) is 11.5 Å². The molecule has 0 spiro atoms. The highest BCUT2D eigenvalue weighted by atomic mass is 32.1. The summed E-state index contributed by atoms with van der Waals surface area (Å²) in [6, 6.07) is 15.5. The number of rotatable bonds is 3. The van der Waals surface area contributed by atoms with Gasteiger partial charge in [0.2, 0.25) is 0 Å². The van der Waals surface area contributed by atoms with Gasteiger partial charge in [-0.1, -0.05) is 18.2 Å². The minimum atomic E-state index is 0.786. The molecule has 2 aromatic carbocycles. The highest BCUT2D eigenvalue weighted by Crippen LogP contribution is 2.28. The third-order valence-electron chi connectivity index (χ3n) is 2.54. The third kappa shape index (κ3) is 4.81. The van der Waals surface area contributed by atoms with Crippen molar-refractivity contribution in [2.45, 2.75) is 0 Å². The Morgan fingerprint density at radius 2 is 1.74 bits per heavy atom. The van der Waals surface area contributed by atoms with E-state index in [4.69, 9.17) is 21.1 Å². The van der Waals surface area contributed by atoms with Crippen LogP contribution < -0.4 is 10.6 Å². The summed E-state index contributed by atoms with van der Waals surface area (Å²) >= 11 is 1.53. The molecule has 114 valence electrons. The van der Waals surface area contributed by atoms with Gasteiger partial charge in [-0.25, -0.2) is 15.5 Å². The van der Waals surface area contributed by atoms with Gasteiger partial charge in [0, 0.05) is 19.2 Å². The molecule has 0 unspecified atom stereocenters. The molecule has 3 aromatic rings. The maximum atomic E-state index is 6.50. The van der Waals surface area contributed by atoms with Crippen LogP contribution in [-0.4, -0.2) is 11.2 Å². The Balaban J connectivity index is 0.000000615. The molecular weight excluding hydrogens is 310 g/mol. The first kappa shape index (κ1) is 17.6. The molecule has 0 bridgehead atoms. The maximum Gasteiger partial charge on any atom is 0.137 e. The van der Waals surface area contributed by atoms with E-state index in [0.29, 0.717) is 0 Å². The lowest BCUT2D eigenvalue weighted by Crippen LogP contribution is -1.84. The van der Waals surface area contributed by atoms with E-state index < -0.39 is 0 Å². The zero-order chi connectivity index (χ0) is 17.1. The lowest BCUT2D eigenvalue weighted by molar-refractivity contribution is 0.483. The second-order valence-corrected chi connectivity index (χ2v) is 4.94. The fourth-order valence-electron chi connectivity index (χ4n) is 1.73. The summed E-state index contributed by atoms with van der Waals surface area (Å²) in [4.78, 5) is 4.38. The molecule has 0 aliphatic rings. The van der Waals surface area contributed by atoms with Crippen molar-refractivity contribution in [1.82, 2.24) is 4.98 Å². The van der Waals surface area contributed by atoms with E-state index in [1.54, 1.807) is 6.21 Å². The SMILES string of the molecule is C#N.C#N.NN=Cc1nc2ccc(Oc3ccccc3)cc2s1. The van der Waals surface area contributed by atoms with E-state index >= 15 is 0 Å². The summed E-state index contributed by atoms with van der Waals surface area (Å²) in [7, 11) is 0. The van der Waals surface area contributed by atoms with Gasteiger partial charge in [-0.2, -0.15) is 5.10 Å². The standard InChI is InChI=1S/C14H11N3OS.2CHN/c15-16-9-14-17-12-7-6-11(8-13(12)19-14)18-10-4-2-1-3-5-10;2*1-2/h1-9H,15H2;2*1H.